The van der Waals surface area contributed by atoms with Crippen molar-refractivity contribution in [3.63, 3.8) is 0 Å². The molecule has 0 amide bonds. The smallest absolute Gasteiger partial charge is 0.160 e. The van der Waals surface area contributed by atoms with Crippen LogP contribution in [0.2, 0.25) is 0 Å². The van der Waals surface area contributed by atoms with Gasteiger partial charge in [-0.2, -0.15) is 0 Å². The molecule has 0 aliphatic carbocycles. The molecule has 0 fully saturated rings. The Labute approximate surface area is 252 Å². The number of hydrogen-bond acceptors (Lipinski definition) is 3. The van der Waals surface area contributed by atoms with Crippen LogP contribution in [-0.2, 0) is 0 Å². The van der Waals surface area contributed by atoms with Crippen molar-refractivity contribution in [3.8, 4) is 33.8 Å². The summed E-state index contributed by atoms with van der Waals surface area (Å²) in [5.41, 5.74) is 6.47. The van der Waals surface area contributed by atoms with Crippen LogP contribution in [0.25, 0.3) is 86.4 Å². The van der Waals surface area contributed by atoms with Gasteiger partial charge in [0.05, 0.1) is 15.9 Å². The molecule has 9 aromatic rings. The minimum Gasteiger partial charge on any atom is -0.226 e. The van der Waals surface area contributed by atoms with Gasteiger partial charge >= 0.3 is 0 Å². The Morgan fingerprint density at radius 3 is 1.67 bits per heavy atom. The fraction of sp³-hybridized carbons (Fsp3) is 0. The molecule has 2 heterocycles. The lowest BCUT2D eigenvalue weighted by Gasteiger charge is -2.13. The van der Waals surface area contributed by atoms with Crippen LogP contribution in [0.1, 0.15) is 0 Å². The van der Waals surface area contributed by atoms with E-state index < -0.39 is 0 Å². The zero-order valence-corrected chi connectivity index (χ0v) is 24.0. The van der Waals surface area contributed by atoms with Crippen molar-refractivity contribution in [2.24, 2.45) is 0 Å². The molecular formula is C40H24N2S. The Hall–Kier alpha value is -5.38. The van der Waals surface area contributed by atoms with Crippen molar-refractivity contribution >= 4 is 64.0 Å². The van der Waals surface area contributed by atoms with Gasteiger partial charge in [0.1, 0.15) is 0 Å². The summed E-state index contributed by atoms with van der Waals surface area (Å²) in [6, 6.07) is 52.0. The minimum atomic E-state index is 0.751. The van der Waals surface area contributed by atoms with Crippen LogP contribution in [0, 0.1) is 0 Å². The minimum absolute atomic E-state index is 0.751. The quantitative estimate of drug-likeness (QED) is 0.199. The highest BCUT2D eigenvalue weighted by Gasteiger charge is 2.17. The van der Waals surface area contributed by atoms with Crippen LogP contribution in [0.4, 0.5) is 0 Å². The van der Waals surface area contributed by atoms with E-state index >= 15 is 0 Å². The van der Waals surface area contributed by atoms with E-state index in [1.54, 1.807) is 11.3 Å². The SMILES string of the molecule is c1ccc(-c2nc(-c3cccc(-c4ccc5c6ccccc6c6ccccc6c5c4)c3)c3sc4ccccc4c3n2)cc1. The lowest BCUT2D eigenvalue weighted by molar-refractivity contribution is 1.24. The highest BCUT2D eigenvalue weighted by molar-refractivity contribution is 7.26. The van der Waals surface area contributed by atoms with Gasteiger partial charge in [-0.1, -0.05) is 127 Å². The van der Waals surface area contributed by atoms with Gasteiger partial charge in [-0.05, 0) is 61.6 Å². The summed E-state index contributed by atoms with van der Waals surface area (Å²) in [6.45, 7) is 0. The highest BCUT2D eigenvalue weighted by atomic mass is 32.1. The molecule has 2 nitrogen and oxygen atoms in total. The molecule has 7 aromatic carbocycles. The Bertz CT molecular complexity index is 2470. The molecule has 43 heavy (non-hydrogen) atoms. The third-order valence-electron chi connectivity index (χ3n) is 8.47. The molecule has 0 bridgehead atoms. The fourth-order valence-electron chi connectivity index (χ4n) is 6.44. The Morgan fingerprint density at radius 2 is 0.930 bits per heavy atom. The first-order chi connectivity index (χ1) is 21.3. The first kappa shape index (κ1) is 24.2. The summed E-state index contributed by atoms with van der Waals surface area (Å²) in [5.74, 6) is 0.751. The lowest BCUT2D eigenvalue weighted by atomic mass is 9.91. The van der Waals surface area contributed by atoms with Crippen molar-refractivity contribution in [2.75, 3.05) is 0 Å². The zero-order valence-electron chi connectivity index (χ0n) is 23.2. The summed E-state index contributed by atoms with van der Waals surface area (Å²) in [5, 5.41) is 8.89. The van der Waals surface area contributed by atoms with Crippen LogP contribution < -0.4 is 0 Å². The van der Waals surface area contributed by atoms with Crippen LogP contribution in [0.3, 0.4) is 0 Å². The van der Waals surface area contributed by atoms with E-state index in [0.29, 0.717) is 0 Å². The summed E-state index contributed by atoms with van der Waals surface area (Å²) in [7, 11) is 0. The van der Waals surface area contributed by atoms with Gasteiger partial charge in [-0.25, -0.2) is 9.97 Å². The number of hydrogen-bond donors (Lipinski definition) is 0. The third-order valence-corrected chi connectivity index (χ3v) is 9.63. The number of nitrogens with zero attached hydrogens (tertiary/aromatic N) is 2. The molecule has 200 valence electrons. The Morgan fingerprint density at radius 1 is 0.372 bits per heavy atom. The van der Waals surface area contributed by atoms with Gasteiger partial charge in [-0.3, -0.25) is 0 Å². The Balaban J connectivity index is 1.27. The second-order valence-corrected chi connectivity index (χ2v) is 12.0. The van der Waals surface area contributed by atoms with Gasteiger partial charge < -0.3 is 0 Å². The van der Waals surface area contributed by atoms with Crippen molar-refractivity contribution in [3.05, 3.63) is 146 Å². The van der Waals surface area contributed by atoms with Gasteiger partial charge in [-0.15, -0.1) is 11.3 Å². The van der Waals surface area contributed by atoms with Crippen molar-refractivity contribution in [1.82, 2.24) is 9.97 Å². The maximum Gasteiger partial charge on any atom is 0.160 e. The maximum absolute atomic E-state index is 5.20. The molecule has 0 atom stereocenters. The maximum atomic E-state index is 5.20. The predicted octanol–water partition coefficient (Wildman–Crippen LogP) is 11.3. The van der Waals surface area contributed by atoms with Gasteiger partial charge in [0.25, 0.3) is 0 Å². The molecule has 0 saturated carbocycles. The number of fused-ring (bicyclic) bond motifs is 9. The number of thiophene rings is 1. The number of benzene rings is 7. The topological polar surface area (TPSA) is 25.8 Å². The van der Waals surface area contributed by atoms with Gasteiger partial charge in [0, 0.05) is 21.2 Å². The summed E-state index contributed by atoms with van der Waals surface area (Å²) < 4.78 is 2.34. The number of rotatable bonds is 3. The van der Waals surface area contributed by atoms with E-state index in [2.05, 4.69) is 127 Å². The summed E-state index contributed by atoms with van der Waals surface area (Å²) in [6.07, 6.45) is 0. The molecule has 0 spiro atoms. The third kappa shape index (κ3) is 3.86. The van der Waals surface area contributed by atoms with Crippen LogP contribution >= 0.6 is 11.3 Å². The molecule has 0 unspecified atom stereocenters. The molecular weight excluding hydrogens is 541 g/mol. The fourth-order valence-corrected chi connectivity index (χ4v) is 7.59. The van der Waals surface area contributed by atoms with E-state index in [9.17, 15) is 0 Å². The van der Waals surface area contributed by atoms with E-state index in [1.165, 1.54) is 53.5 Å². The van der Waals surface area contributed by atoms with E-state index in [0.717, 1.165) is 32.9 Å². The Kier molecular flexibility index (Phi) is 5.40. The second-order valence-electron chi connectivity index (χ2n) is 11.0. The van der Waals surface area contributed by atoms with Gasteiger partial charge in [0.2, 0.25) is 0 Å². The second kappa shape index (κ2) is 9.59. The molecule has 0 saturated heterocycles. The van der Waals surface area contributed by atoms with Crippen molar-refractivity contribution < 1.29 is 0 Å². The van der Waals surface area contributed by atoms with Crippen molar-refractivity contribution in [2.45, 2.75) is 0 Å². The summed E-state index contributed by atoms with van der Waals surface area (Å²) >= 11 is 1.77. The van der Waals surface area contributed by atoms with E-state index in [-0.39, 0.29) is 0 Å². The van der Waals surface area contributed by atoms with Crippen LogP contribution in [-0.4, -0.2) is 9.97 Å². The highest BCUT2D eigenvalue weighted by Crippen LogP contribution is 2.41. The van der Waals surface area contributed by atoms with Crippen LogP contribution in [0.15, 0.2) is 146 Å². The zero-order chi connectivity index (χ0) is 28.3. The largest absolute Gasteiger partial charge is 0.226 e. The first-order valence-electron chi connectivity index (χ1n) is 14.5. The molecule has 0 N–H and O–H groups in total. The normalized spacial score (nSPS) is 11.7. The predicted molar refractivity (Wildman–Crippen MR) is 184 cm³/mol. The average molecular weight is 565 g/mol. The van der Waals surface area contributed by atoms with E-state index in [1.807, 2.05) is 18.2 Å². The standard InChI is InChI=1S/C40H24N2S/c1-2-11-25(12-3-1)40-41-37(39-38(42-40)34-19-8-9-20-36(34)43-39)28-14-10-13-26(23-28)27-21-22-33-31-17-5-4-15-29(31)30-16-6-7-18-32(30)35(33)24-27/h1-24H. The van der Waals surface area contributed by atoms with Crippen molar-refractivity contribution in [1.29, 1.82) is 0 Å². The monoisotopic (exact) mass is 564 g/mol. The van der Waals surface area contributed by atoms with E-state index in [4.69, 9.17) is 9.97 Å². The lowest BCUT2D eigenvalue weighted by Crippen LogP contribution is -1.93. The molecule has 9 rings (SSSR count). The van der Waals surface area contributed by atoms with Crippen LogP contribution in [0.5, 0.6) is 0 Å². The molecule has 3 heteroatoms. The average Bonchev–Trinajstić information content (AvgIpc) is 3.47. The molecule has 0 radical (unpaired) electrons. The number of aromatic nitrogens is 2. The first-order valence-corrected chi connectivity index (χ1v) is 15.3. The van der Waals surface area contributed by atoms with Gasteiger partial charge in [0.15, 0.2) is 5.82 Å². The molecule has 0 aliphatic rings. The summed E-state index contributed by atoms with van der Waals surface area (Å²) in [4.78, 5) is 10.3. The molecule has 2 aromatic heterocycles. The molecule has 0 aliphatic heterocycles.